The van der Waals surface area contributed by atoms with Crippen LogP contribution in [0.15, 0.2) is 54.6 Å². The average Bonchev–Trinajstić information content (AvgIpc) is 2.65. The Kier molecular flexibility index (Phi) is 4.93. The minimum atomic E-state index is -0.444. The van der Waals surface area contributed by atoms with Crippen molar-refractivity contribution in [2.24, 2.45) is 5.92 Å². The lowest BCUT2D eigenvalue weighted by atomic mass is 10.0. The Morgan fingerprint density at radius 1 is 1.00 bits per heavy atom. The van der Waals surface area contributed by atoms with Crippen LogP contribution in [0, 0.1) is 11.7 Å². The molecule has 0 spiro atoms. The number of carbonyl (C=O) groups is 2. The third-order valence-corrected chi connectivity index (χ3v) is 3.92. The number of nitrogens with one attached hydrogen (secondary N) is 2. The van der Waals surface area contributed by atoms with Gasteiger partial charge in [0.15, 0.2) is 0 Å². The van der Waals surface area contributed by atoms with Gasteiger partial charge < -0.3 is 0 Å². The third-order valence-electron chi connectivity index (χ3n) is 3.92. The van der Waals surface area contributed by atoms with Gasteiger partial charge in [-0.15, -0.1) is 0 Å². The molecule has 0 atom stereocenters. The average molecular weight is 351 g/mol. The first-order valence-corrected chi connectivity index (χ1v) is 8.21. The molecule has 0 saturated carbocycles. The summed E-state index contributed by atoms with van der Waals surface area (Å²) in [5.74, 6) is -1.32. The van der Waals surface area contributed by atoms with Crippen molar-refractivity contribution in [3.05, 3.63) is 66.0 Å². The van der Waals surface area contributed by atoms with E-state index in [1.54, 1.807) is 44.2 Å². The molecule has 1 heterocycles. The van der Waals surface area contributed by atoms with Crippen LogP contribution in [0.2, 0.25) is 0 Å². The van der Waals surface area contributed by atoms with E-state index in [0.29, 0.717) is 27.7 Å². The van der Waals surface area contributed by atoms with Gasteiger partial charge in [0, 0.05) is 16.9 Å². The molecule has 5 nitrogen and oxygen atoms in total. The molecule has 3 aromatic rings. The fourth-order valence-electron chi connectivity index (χ4n) is 2.46. The first-order valence-electron chi connectivity index (χ1n) is 8.21. The van der Waals surface area contributed by atoms with Gasteiger partial charge in [-0.1, -0.05) is 32.0 Å². The van der Waals surface area contributed by atoms with E-state index in [2.05, 4.69) is 15.8 Å². The Morgan fingerprint density at radius 2 is 1.69 bits per heavy atom. The van der Waals surface area contributed by atoms with Crippen LogP contribution in [-0.4, -0.2) is 16.8 Å². The number of carbonyl (C=O) groups excluding carboxylic acids is 2. The molecule has 0 unspecified atom stereocenters. The zero-order valence-electron chi connectivity index (χ0n) is 14.4. The number of aromatic nitrogens is 1. The Hall–Kier alpha value is -3.28. The van der Waals surface area contributed by atoms with Crippen LogP contribution < -0.4 is 10.9 Å². The number of fused-ring (bicyclic) bond motifs is 1. The van der Waals surface area contributed by atoms with Crippen LogP contribution in [0.3, 0.4) is 0 Å². The van der Waals surface area contributed by atoms with Crippen molar-refractivity contribution in [2.45, 2.75) is 13.8 Å². The SMILES string of the molecule is CC(C)C(=O)NNC(=O)c1cc(-c2ccc(F)cc2)nc2ccccc12. The monoisotopic (exact) mass is 351 g/mol. The highest BCUT2D eigenvalue weighted by molar-refractivity contribution is 6.07. The molecule has 1 aromatic heterocycles. The first-order chi connectivity index (χ1) is 12.5. The van der Waals surface area contributed by atoms with Gasteiger partial charge in [-0.05, 0) is 36.4 Å². The normalized spacial score (nSPS) is 10.8. The van der Waals surface area contributed by atoms with Gasteiger partial charge in [0.05, 0.1) is 16.8 Å². The standard InChI is InChI=1S/C20H18FN3O2/c1-12(2)19(25)23-24-20(26)16-11-18(13-7-9-14(21)10-8-13)22-17-6-4-3-5-15(16)17/h3-12H,1-2H3,(H,23,25)(H,24,26). The molecule has 0 fully saturated rings. The van der Waals surface area contributed by atoms with Crippen LogP contribution in [0.5, 0.6) is 0 Å². The Morgan fingerprint density at radius 3 is 2.38 bits per heavy atom. The van der Waals surface area contributed by atoms with Gasteiger partial charge in [-0.25, -0.2) is 9.37 Å². The maximum atomic E-state index is 13.2. The topological polar surface area (TPSA) is 71.1 Å². The fraction of sp³-hybridized carbons (Fsp3) is 0.150. The van der Waals surface area contributed by atoms with Crippen LogP contribution in [0.25, 0.3) is 22.2 Å². The maximum absolute atomic E-state index is 13.2. The highest BCUT2D eigenvalue weighted by atomic mass is 19.1. The number of hydrogen-bond donors (Lipinski definition) is 2. The molecule has 2 N–H and O–H groups in total. The molecular formula is C20H18FN3O2. The molecule has 0 radical (unpaired) electrons. The second-order valence-corrected chi connectivity index (χ2v) is 6.18. The predicted molar refractivity (Wildman–Crippen MR) is 97.6 cm³/mol. The van der Waals surface area contributed by atoms with E-state index in [1.807, 2.05) is 12.1 Å². The van der Waals surface area contributed by atoms with E-state index in [9.17, 15) is 14.0 Å². The zero-order valence-corrected chi connectivity index (χ0v) is 14.4. The lowest BCUT2D eigenvalue weighted by Crippen LogP contribution is -2.43. The van der Waals surface area contributed by atoms with E-state index in [-0.39, 0.29) is 17.6 Å². The maximum Gasteiger partial charge on any atom is 0.270 e. The van der Waals surface area contributed by atoms with Gasteiger partial charge in [0.1, 0.15) is 5.82 Å². The van der Waals surface area contributed by atoms with Crippen molar-refractivity contribution in [3.63, 3.8) is 0 Å². The summed E-state index contributed by atoms with van der Waals surface area (Å²) in [7, 11) is 0. The van der Waals surface area contributed by atoms with Gasteiger partial charge in [-0.3, -0.25) is 20.4 Å². The van der Waals surface area contributed by atoms with Crippen molar-refractivity contribution in [1.82, 2.24) is 15.8 Å². The fourth-order valence-corrected chi connectivity index (χ4v) is 2.46. The van der Waals surface area contributed by atoms with Crippen molar-refractivity contribution >= 4 is 22.7 Å². The molecule has 3 rings (SSSR count). The van der Waals surface area contributed by atoms with Gasteiger partial charge in [-0.2, -0.15) is 0 Å². The van der Waals surface area contributed by atoms with Gasteiger partial charge in [0.2, 0.25) is 5.91 Å². The van der Waals surface area contributed by atoms with Crippen LogP contribution in [0.4, 0.5) is 4.39 Å². The third kappa shape index (κ3) is 3.69. The van der Waals surface area contributed by atoms with E-state index in [0.717, 1.165) is 0 Å². The summed E-state index contributed by atoms with van der Waals surface area (Å²) in [6.45, 7) is 3.46. The number of rotatable bonds is 3. The van der Waals surface area contributed by atoms with E-state index >= 15 is 0 Å². The van der Waals surface area contributed by atoms with Crippen molar-refractivity contribution in [1.29, 1.82) is 0 Å². The summed E-state index contributed by atoms with van der Waals surface area (Å²) in [5.41, 5.74) is 7.08. The van der Waals surface area contributed by atoms with Crippen molar-refractivity contribution in [2.75, 3.05) is 0 Å². The van der Waals surface area contributed by atoms with Crippen LogP contribution >= 0.6 is 0 Å². The minimum Gasteiger partial charge on any atom is -0.273 e. The quantitative estimate of drug-likeness (QED) is 0.710. The van der Waals surface area contributed by atoms with Gasteiger partial charge in [0.25, 0.3) is 5.91 Å². The van der Waals surface area contributed by atoms with E-state index < -0.39 is 5.91 Å². The van der Waals surface area contributed by atoms with E-state index in [4.69, 9.17) is 0 Å². The highest BCUT2D eigenvalue weighted by Gasteiger charge is 2.15. The minimum absolute atomic E-state index is 0.251. The number of hydrogen-bond acceptors (Lipinski definition) is 3. The number of halogens is 1. The predicted octanol–water partition coefficient (Wildman–Crippen LogP) is 3.46. The summed E-state index contributed by atoms with van der Waals surface area (Å²) >= 11 is 0. The summed E-state index contributed by atoms with van der Waals surface area (Å²) in [6, 6.07) is 14.7. The van der Waals surface area contributed by atoms with Crippen LogP contribution in [-0.2, 0) is 4.79 Å². The Bertz CT molecular complexity index is 968. The summed E-state index contributed by atoms with van der Waals surface area (Å²) in [4.78, 5) is 28.9. The Balaban J connectivity index is 2.01. The van der Waals surface area contributed by atoms with Crippen LogP contribution in [0.1, 0.15) is 24.2 Å². The molecule has 0 aliphatic carbocycles. The number of pyridine rings is 1. The molecule has 0 saturated heterocycles. The molecular weight excluding hydrogens is 333 g/mol. The van der Waals surface area contributed by atoms with Crippen molar-refractivity contribution in [3.8, 4) is 11.3 Å². The second kappa shape index (κ2) is 7.31. The lowest BCUT2D eigenvalue weighted by molar-refractivity contribution is -0.124. The molecule has 2 amide bonds. The number of para-hydroxylation sites is 1. The molecule has 132 valence electrons. The number of hydrazine groups is 1. The number of benzene rings is 2. The molecule has 2 aromatic carbocycles. The number of amides is 2. The second-order valence-electron chi connectivity index (χ2n) is 6.18. The summed E-state index contributed by atoms with van der Waals surface area (Å²) in [5, 5.41) is 0.662. The molecule has 26 heavy (non-hydrogen) atoms. The smallest absolute Gasteiger partial charge is 0.270 e. The lowest BCUT2D eigenvalue weighted by Gasteiger charge is -2.12. The molecule has 0 aliphatic heterocycles. The molecule has 0 bridgehead atoms. The summed E-state index contributed by atoms with van der Waals surface area (Å²) in [6.07, 6.45) is 0. The summed E-state index contributed by atoms with van der Waals surface area (Å²) < 4.78 is 13.2. The largest absolute Gasteiger partial charge is 0.273 e. The zero-order chi connectivity index (χ0) is 18.7. The van der Waals surface area contributed by atoms with E-state index in [1.165, 1.54) is 12.1 Å². The number of nitrogens with zero attached hydrogens (tertiary/aromatic N) is 1. The first kappa shape index (κ1) is 17.5. The molecule has 6 heteroatoms. The van der Waals surface area contributed by atoms with Gasteiger partial charge >= 0.3 is 0 Å². The van der Waals surface area contributed by atoms with Crippen molar-refractivity contribution < 1.29 is 14.0 Å². The Labute approximate surface area is 150 Å². The molecule has 0 aliphatic rings. The highest BCUT2D eigenvalue weighted by Crippen LogP contribution is 2.25.